The second-order valence-electron chi connectivity index (χ2n) is 6.04. The molecule has 0 saturated heterocycles. The van der Waals surface area contributed by atoms with Gasteiger partial charge in [-0.3, -0.25) is 9.59 Å². The molecule has 3 heterocycles. The van der Waals surface area contributed by atoms with Gasteiger partial charge in [-0.25, -0.2) is 14.6 Å². The molecule has 0 radical (unpaired) electrons. The summed E-state index contributed by atoms with van der Waals surface area (Å²) in [5.74, 6) is -0.196. The number of hydrogen-bond donors (Lipinski definition) is 1. The number of pyridine rings is 2. The van der Waals surface area contributed by atoms with Crippen LogP contribution < -0.4 is 5.73 Å². The number of primary amides is 1. The van der Waals surface area contributed by atoms with Gasteiger partial charge in [0.25, 0.3) is 5.91 Å². The van der Waals surface area contributed by atoms with E-state index in [0.29, 0.717) is 17.2 Å². The van der Waals surface area contributed by atoms with Gasteiger partial charge in [0.2, 0.25) is 0 Å². The summed E-state index contributed by atoms with van der Waals surface area (Å²) in [5.41, 5.74) is 8.24. The Balaban J connectivity index is 1.85. The minimum Gasteiger partial charge on any atom is -0.364 e. The van der Waals surface area contributed by atoms with Gasteiger partial charge in [0.15, 0.2) is 11.6 Å². The van der Waals surface area contributed by atoms with Gasteiger partial charge in [0.05, 0.1) is 17.4 Å². The zero-order chi connectivity index (χ0) is 19.0. The Kier molecular flexibility index (Phi) is 3.97. The van der Waals surface area contributed by atoms with Crippen molar-refractivity contribution in [1.29, 1.82) is 0 Å². The highest BCUT2D eigenvalue weighted by Crippen LogP contribution is 2.25. The molecule has 0 aliphatic carbocycles. The number of carbonyl (C=O) groups excluding carboxylic acids is 2. The van der Waals surface area contributed by atoms with Crippen LogP contribution in [-0.4, -0.2) is 31.4 Å². The summed E-state index contributed by atoms with van der Waals surface area (Å²) in [5, 5.41) is 5.28. The third kappa shape index (κ3) is 3.06. The fourth-order valence-corrected chi connectivity index (χ4v) is 2.83. The summed E-state index contributed by atoms with van der Waals surface area (Å²) < 4.78 is 1.64. The zero-order valence-corrected chi connectivity index (χ0v) is 14.5. The molecule has 0 aliphatic heterocycles. The first-order chi connectivity index (χ1) is 13.0. The first kappa shape index (κ1) is 16.6. The van der Waals surface area contributed by atoms with Crippen LogP contribution in [0.2, 0.25) is 0 Å². The molecule has 4 aromatic rings. The third-order valence-corrected chi connectivity index (χ3v) is 4.18. The molecule has 2 N–H and O–H groups in total. The highest BCUT2D eigenvalue weighted by Gasteiger charge is 2.11. The minimum absolute atomic E-state index is 0.0876. The Hall–Kier alpha value is -3.87. The molecule has 4 rings (SSSR count). The predicted octanol–water partition coefficient (Wildman–Crippen LogP) is 2.78. The van der Waals surface area contributed by atoms with Gasteiger partial charge >= 0.3 is 0 Å². The molecular weight excluding hydrogens is 342 g/mol. The standard InChI is InChI=1S/C20H15N5O2/c1-12(26)15-4-2-5-16(23-15)13-8-9-14-11-22-25(18(14)10-13)19-7-3-6-17(24-19)20(21)27/h2-11H,1H3,(H2,21,27). The van der Waals surface area contributed by atoms with E-state index in [9.17, 15) is 9.59 Å². The molecule has 0 unspecified atom stereocenters. The van der Waals surface area contributed by atoms with Gasteiger partial charge < -0.3 is 5.73 Å². The number of rotatable bonds is 4. The third-order valence-electron chi connectivity index (χ3n) is 4.18. The smallest absolute Gasteiger partial charge is 0.267 e. The Morgan fingerprint density at radius 3 is 2.52 bits per heavy atom. The lowest BCUT2D eigenvalue weighted by Gasteiger charge is -2.06. The van der Waals surface area contributed by atoms with E-state index in [4.69, 9.17) is 5.73 Å². The van der Waals surface area contributed by atoms with E-state index in [1.54, 1.807) is 41.2 Å². The van der Waals surface area contributed by atoms with Crippen molar-refractivity contribution in [1.82, 2.24) is 19.7 Å². The van der Waals surface area contributed by atoms with Gasteiger partial charge in [0.1, 0.15) is 11.4 Å². The number of ketones is 1. The van der Waals surface area contributed by atoms with Gasteiger partial charge in [-0.1, -0.05) is 24.3 Å². The molecule has 0 saturated carbocycles. The normalized spacial score (nSPS) is 10.9. The van der Waals surface area contributed by atoms with Crippen LogP contribution >= 0.6 is 0 Å². The fourth-order valence-electron chi connectivity index (χ4n) is 2.83. The second kappa shape index (κ2) is 6.45. The van der Waals surface area contributed by atoms with Crippen LogP contribution in [0, 0.1) is 0 Å². The number of amides is 1. The van der Waals surface area contributed by atoms with E-state index in [0.717, 1.165) is 16.5 Å². The van der Waals surface area contributed by atoms with Crippen molar-refractivity contribution < 1.29 is 9.59 Å². The van der Waals surface area contributed by atoms with E-state index in [2.05, 4.69) is 15.1 Å². The maximum Gasteiger partial charge on any atom is 0.267 e. The van der Waals surface area contributed by atoms with Crippen molar-refractivity contribution in [2.24, 2.45) is 5.73 Å². The van der Waals surface area contributed by atoms with Crippen LogP contribution in [-0.2, 0) is 0 Å². The lowest BCUT2D eigenvalue weighted by molar-refractivity contribution is 0.0991. The Bertz CT molecular complexity index is 1200. The summed E-state index contributed by atoms with van der Waals surface area (Å²) in [4.78, 5) is 31.7. The number of aromatic nitrogens is 4. The number of nitrogens with zero attached hydrogens (tertiary/aromatic N) is 4. The summed E-state index contributed by atoms with van der Waals surface area (Å²) in [7, 11) is 0. The summed E-state index contributed by atoms with van der Waals surface area (Å²) in [6.45, 7) is 1.49. The Labute approximate surface area is 154 Å². The molecule has 0 atom stereocenters. The first-order valence-electron chi connectivity index (χ1n) is 8.26. The number of Topliss-reactive ketones (excluding diaryl/α,β-unsaturated/α-hetero) is 1. The SMILES string of the molecule is CC(=O)c1cccc(-c2ccc3cnn(-c4cccc(C(N)=O)n4)c3c2)n1. The highest BCUT2D eigenvalue weighted by molar-refractivity contribution is 5.93. The zero-order valence-electron chi connectivity index (χ0n) is 14.5. The molecule has 7 heteroatoms. The molecule has 7 nitrogen and oxygen atoms in total. The lowest BCUT2D eigenvalue weighted by Crippen LogP contribution is -2.14. The predicted molar refractivity (Wildman–Crippen MR) is 101 cm³/mol. The van der Waals surface area contributed by atoms with Gasteiger partial charge in [-0.2, -0.15) is 5.10 Å². The molecule has 0 bridgehead atoms. The molecule has 0 aliphatic rings. The molecule has 1 amide bonds. The van der Waals surface area contributed by atoms with Crippen LogP contribution in [0.4, 0.5) is 0 Å². The fraction of sp³-hybridized carbons (Fsp3) is 0.0500. The van der Waals surface area contributed by atoms with Crippen molar-refractivity contribution in [2.45, 2.75) is 6.92 Å². The van der Waals surface area contributed by atoms with E-state index in [-0.39, 0.29) is 11.5 Å². The van der Waals surface area contributed by atoms with Crippen molar-refractivity contribution in [3.05, 3.63) is 72.2 Å². The monoisotopic (exact) mass is 357 g/mol. The quantitative estimate of drug-likeness (QED) is 0.566. The second-order valence-corrected chi connectivity index (χ2v) is 6.04. The number of carbonyl (C=O) groups is 2. The topological polar surface area (TPSA) is 104 Å². The molecule has 27 heavy (non-hydrogen) atoms. The molecule has 132 valence electrons. The van der Waals surface area contributed by atoms with Crippen molar-refractivity contribution in [3.8, 4) is 17.1 Å². The number of hydrogen-bond acceptors (Lipinski definition) is 5. The molecule has 0 fully saturated rings. The Morgan fingerprint density at radius 2 is 1.74 bits per heavy atom. The van der Waals surface area contributed by atoms with Crippen LogP contribution in [0.25, 0.3) is 28.0 Å². The van der Waals surface area contributed by atoms with Crippen molar-refractivity contribution >= 4 is 22.6 Å². The Morgan fingerprint density at radius 1 is 0.963 bits per heavy atom. The summed E-state index contributed by atoms with van der Waals surface area (Å²) >= 11 is 0. The minimum atomic E-state index is -0.598. The van der Waals surface area contributed by atoms with Crippen LogP contribution in [0.15, 0.2) is 60.8 Å². The molecular formula is C20H15N5O2. The van der Waals surface area contributed by atoms with E-state index in [1.807, 2.05) is 24.3 Å². The lowest BCUT2D eigenvalue weighted by atomic mass is 10.1. The summed E-state index contributed by atoms with van der Waals surface area (Å²) in [6, 6.07) is 16.1. The van der Waals surface area contributed by atoms with Crippen LogP contribution in [0.5, 0.6) is 0 Å². The maximum absolute atomic E-state index is 11.6. The molecule has 3 aromatic heterocycles. The molecule has 1 aromatic carbocycles. The van der Waals surface area contributed by atoms with E-state index >= 15 is 0 Å². The van der Waals surface area contributed by atoms with E-state index < -0.39 is 5.91 Å². The first-order valence-corrected chi connectivity index (χ1v) is 8.26. The van der Waals surface area contributed by atoms with Crippen LogP contribution in [0.3, 0.4) is 0 Å². The number of nitrogens with two attached hydrogens (primary N) is 1. The van der Waals surface area contributed by atoms with Gasteiger partial charge in [0, 0.05) is 17.9 Å². The van der Waals surface area contributed by atoms with Crippen molar-refractivity contribution in [3.63, 3.8) is 0 Å². The van der Waals surface area contributed by atoms with E-state index in [1.165, 1.54) is 6.92 Å². The molecule has 0 spiro atoms. The largest absolute Gasteiger partial charge is 0.364 e. The maximum atomic E-state index is 11.6. The number of fused-ring (bicyclic) bond motifs is 1. The average molecular weight is 357 g/mol. The summed E-state index contributed by atoms with van der Waals surface area (Å²) in [6.07, 6.45) is 1.72. The highest BCUT2D eigenvalue weighted by atomic mass is 16.1. The van der Waals surface area contributed by atoms with Crippen molar-refractivity contribution in [2.75, 3.05) is 0 Å². The van der Waals surface area contributed by atoms with Crippen LogP contribution in [0.1, 0.15) is 27.9 Å². The average Bonchev–Trinajstić information content (AvgIpc) is 3.11. The number of benzene rings is 1. The van der Waals surface area contributed by atoms with Gasteiger partial charge in [-0.15, -0.1) is 0 Å². The van der Waals surface area contributed by atoms with Gasteiger partial charge in [-0.05, 0) is 30.3 Å².